The van der Waals surface area contributed by atoms with Crippen LogP contribution < -0.4 is 10.1 Å². The molecular weight excluding hydrogens is 254 g/mol. The second-order valence-corrected chi connectivity index (χ2v) is 5.74. The fourth-order valence-corrected chi connectivity index (χ4v) is 1.77. The Balaban J connectivity index is 1.70. The van der Waals surface area contributed by atoms with Crippen LogP contribution in [0.15, 0.2) is 6.20 Å². The van der Waals surface area contributed by atoms with Crippen LogP contribution in [0.1, 0.15) is 37.9 Å². The number of aromatic nitrogens is 2. The van der Waals surface area contributed by atoms with Gasteiger partial charge in [-0.05, 0) is 25.7 Å². The lowest BCUT2D eigenvalue weighted by atomic mass is 10.2. The van der Waals surface area contributed by atoms with Gasteiger partial charge in [-0.1, -0.05) is 13.8 Å². The third-order valence-corrected chi connectivity index (χ3v) is 3.13. The Labute approximate surface area is 121 Å². The first-order valence-electron chi connectivity index (χ1n) is 7.41. The molecule has 0 atom stereocenters. The monoisotopic (exact) mass is 279 g/mol. The summed E-state index contributed by atoms with van der Waals surface area (Å²) in [6.45, 7) is 8.91. The minimum atomic E-state index is 0.436. The highest BCUT2D eigenvalue weighted by Crippen LogP contribution is 2.19. The molecule has 1 aromatic rings. The Morgan fingerprint density at radius 3 is 2.80 bits per heavy atom. The molecule has 0 saturated heterocycles. The first-order valence-corrected chi connectivity index (χ1v) is 7.41. The van der Waals surface area contributed by atoms with Crippen LogP contribution in [0, 0.1) is 12.8 Å². The number of nitrogens with zero attached hydrogens (tertiary/aromatic N) is 2. The molecule has 1 heterocycles. The van der Waals surface area contributed by atoms with Crippen molar-refractivity contribution in [3.05, 3.63) is 17.5 Å². The summed E-state index contributed by atoms with van der Waals surface area (Å²) in [6.07, 6.45) is 4.43. The lowest BCUT2D eigenvalue weighted by molar-refractivity contribution is 0.0791. The molecule has 5 heteroatoms. The van der Waals surface area contributed by atoms with E-state index in [0.717, 1.165) is 24.4 Å². The maximum Gasteiger partial charge on any atom is 0.316 e. The zero-order chi connectivity index (χ0) is 14.4. The average molecular weight is 279 g/mol. The van der Waals surface area contributed by atoms with E-state index in [-0.39, 0.29) is 0 Å². The van der Waals surface area contributed by atoms with Gasteiger partial charge < -0.3 is 14.8 Å². The third kappa shape index (κ3) is 5.43. The highest BCUT2D eigenvalue weighted by molar-refractivity contribution is 5.17. The predicted octanol–water partition coefficient (Wildman–Crippen LogP) is 2.09. The zero-order valence-electron chi connectivity index (χ0n) is 12.7. The molecule has 0 amide bonds. The fraction of sp³-hybridized carbons (Fsp3) is 0.733. The first-order chi connectivity index (χ1) is 9.65. The summed E-state index contributed by atoms with van der Waals surface area (Å²) in [5.74, 6) is 0.548. The van der Waals surface area contributed by atoms with Gasteiger partial charge in [-0.2, -0.15) is 0 Å². The van der Waals surface area contributed by atoms with Crippen LogP contribution in [0.2, 0.25) is 0 Å². The number of aryl methyl sites for hydroxylation is 1. The van der Waals surface area contributed by atoms with Crippen LogP contribution >= 0.6 is 0 Å². The minimum absolute atomic E-state index is 0.436. The van der Waals surface area contributed by atoms with Crippen molar-refractivity contribution < 1.29 is 9.47 Å². The van der Waals surface area contributed by atoms with Crippen molar-refractivity contribution in [2.45, 2.75) is 46.2 Å². The minimum Gasteiger partial charge on any atom is -0.461 e. The lowest BCUT2D eigenvalue weighted by Crippen LogP contribution is -2.17. The van der Waals surface area contributed by atoms with E-state index >= 15 is 0 Å². The van der Waals surface area contributed by atoms with Gasteiger partial charge >= 0.3 is 6.01 Å². The van der Waals surface area contributed by atoms with Crippen molar-refractivity contribution >= 4 is 0 Å². The molecular formula is C15H25N3O2. The molecule has 0 spiro atoms. The largest absolute Gasteiger partial charge is 0.461 e. The van der Waals surface area contributed by atoms with Crippen LogP contribution in [0.5, 0.6) is 6.01 Å². The second kappa shape index (κ2) is 7.55. The Bertz CT molecular complexity index is 420. The molecule has 20 heavy (non-hydrogen) atoms. The summed E-state index contributed by atoms with van der Waals surface area (Å²) in [5.41, 5.74) is 2.12. The van der Waals surface area contributed by atoms with Gasteiger partial charge in [-0.25, -0.2) is 9.97 Å². The Morgan fingerprint density at radius 2 is 2.15 bits per heavy atom. The molecule has 0 unspecified atom stereocenters. The van der Waals surface area contributed by atoms with Gasteiger partial charge in [-0.15, -0.1) is 0 Å². The normalized spacial score (nSPS) is 14.8. The molecule has 1 aliphatic rings. The van der Waals surface area contributed by atoms with Crippen LogP contribution in [-0.2, 0) is 11.3 Å². The van der Waals surface area contributed by atoms with Gasteiger partial charge in [0.25, 0.3) is 0 Å². The summed E-state index contributed by atoms with van der Waals surface area (Å²) in [4.78, 5) is 8.62. The molecule has 2 rings (SSSR count). The van der Waals surface area contributed by atoms with E-state index in [9.17, 15) is 0 Å². The Kier molecular flexibility index (Phi) is 5.73. The molecule has 1 fully saturated rings. The van der Waals surface area contributed by atoms with Crippen molar-refractivity contribution in [2.24, 2.45) is 5.92 Å². The fourth-order valence-electron chi connectivity index (χ4n) is 1.77. The summed E-state index contributed by atoms with van der Waals surface area (Å²) in [7, 11) is 0. The standard InChI is InChI=1S/C15H25N3O2/c1-11(2)10-19-6-7-20-15-17-9-13(12(3)18-15)8-16-14-4-5-14/h9,11,14,16H,4-8,10H2,1-3H3. The SMILES string of the molecule is Cc1nc(OCCOCC(C)C)ncc1CNC1CC1. The van der Waals surface area contributed by atoms with Crippen molar-refractivity contribution in [3.8, 4) is 6.01 Å². The number of rotatable bonds is 9. The maximum atomic E-state index is 5.49. The molecule has 5 nitrogen and oxygen atoms in total. The molecule has 1 aromatic heterocycles. The van der Waals surface area contributed by atoms with Crippen LogP contribution in [-0.4, -0.2) is 35.8 Å². The molecule has 1 N–H and O–H groups in total. The summed E-state index contributed by atoms with van der Waals surface area (Å²) in [5, 5.41) is 3.46. The maximum absolute atomic E-state index is 5.49. The van der Waals surface area contributed by atoms with E-state index < -0.39 is 0 Å². The average Bonchev–Trinajstić information content (AvgIpc) is 3.21. The summed E-state index contributed by atoms with van der Waals surface area (Å²) < 4.78 is 10.9. The van der Waals surface area contributed by atoms with Gasteiger partial charge in [0.1, 0.15) is 6.61 Å². The Hall–Kier alpha value is -1.20. The number of ether oxygens (including phenoxy) is 2. The van der Waals surface area contributed by atoms with Gasteiger partial charge in [0.15, 0.2) is 0 Å². The third-order valence-electron chi connectivity index (χ3n) is 3.13. The van der Waals surface area contributed by atoms with E-state index in [4.69, 9.17) is 9.47 Å². The van der Waals surface area contributed by atoms with Crippen LogP contribution in [0.3, 0.4) is 0 Å². The summed E-state index contributed by atoms with van der Waals surface area (Å²) >= 11 is 0. The van der Waals surface area contributed by atoms with Gasteiger partial charge in [0, 0.05) is 36.6 Å². The summed E-state index contributed by atoms with van der Waals surface area (Å²) in [6, 6.07) is 1.13. The molecule has 0 aliphatic heterocycles. The van der Waals surface area contributed by atoms with Gasteiger partial charge in [0.05, 0.1) is 6.61 Å². The van der Waals surface area contributed by atoms with Crippen molar-refractivity contribution in [1.29, 1.82) is 0 Å². The molecule has 112 valence electrons. The highest BCUT2D eigenvalue weighted by Gasteiger charge is 2.20. The van der Waals surface area contributed by atoms with Crippen LogP contribution in [0.25, 0.3) is 0 Å². The van der Waals surface area contributed by atoms with Gasteiger partial charge in [-0.3, -0.25) is 0 Å². The van der Waals surface area contributed by atoms with E-state index in [0.29, 0.717) is 31.2 Å². The molecule has 1 aliphatic carbocycles. The van der Waals surface area contributed by atoms with Crippen molar-refractivity contribution in [3.63, 3.8) is 0 Å². The Morgan fingerprint density at radius 1 is 1.35 bits per heavy atom. The quantitative estimate of drug-likeness (QED) is 0.701. The zero-order valence-corrected chi connectivity index (χ0v) is 12.7. The van der Waals surface area contributed by atoms with Crippen molar-refractivity contribution in [1.82, 2.24) is 15.3 Å². The van der Waals surface area contributed by atoms with E-state index in [1.807, 2.05) is 13.1 Å². The molecule has 0 aromatic carbocycles. The topological polar surface area (TPSA) is 56.3 Å². The second-order valence-electron chi connectivity index (χ2n) is 5.74. The van der Waals surface area contributed by atoms with E-state index in [1.54, 1.807) is 0 Å². The number of nitrogens with one attached hydrogen (secondary N) is 1. The van der Waals surface area contributed by atoms with E-state index in [1.165, 1.54) is 12.8 Å². The number of hydrogen-bond donors (Lipinski definition) is 1. The molecule has 0 radical (unpaired) electrons. The molecule has 1 saturated carbocycles. The van der Waals surface area contributed by atoms with E-state index in [2.05, 4.69) is 29.1 Å². The van der Waals surface area contributed by atoms with Gasteiger partial charge in [0.2, 0.25) is 0 Å². The number of hydrogen-bond acceptors (Lipinski definition) is 5. The first kappa shape index (κ1) is 15.2. The smallest absolute Gasteiger partial charge is 0.316 e. The van der Waals surface area contributed by atoms with Crippen molar-refractivity contribution in [2.75, 3.05) is 19.8 Å². The molecule has 0 bridgehead atoms. The predicted molar refractivity (Wildman–Crippen MR) is 77.8 cm³/mol. The van der Waals surface area contributed by atoms with Crippen LogP contribution in [0.4, 0.5) is 0 Å². The highest BCUT2D eigenvalue weighted by atomic mass is 16.5. The lowest BCUT2D eigenvalue weighted by Gasteiger charge is -2.09.